The number of nitrogens with two attached hydrogens (primary N) is 1. The fourth-order valence-electron chi connectivity index (χ4n) is 1.34. The molecule has 0 amide bonds. The van der Waals surface area contributed by atoms with Crippen LogP contribution >= 0.6 is 22.9 Å². The standard InChI is InChI=1S/C11H10ClNS/c12-9-6-7-14-11(9)10(13)8-4-2-1-3-5-8/h1-7,10H,13H2. The van der Waals surface area contributed by atoms with Crippen LogP contribution in [-0.2, 0) is 0 Å². The van der Waals surface area contributed by atoms with Crippen molar-refractivity contribution in [1.29, 1.82) is 0 Å². The number of halogens is 1. The smallest absolute Gasteiger partial charge is 0.0661 e. The molecule has 2 N–H and O–H groups in total. The van der Waals surface area contributed by atoms with Gasteiger partial charge in [0, 0.05) is 4.88 Å². The Balaban J connectivity index is 2.34. The van der Waals surface area contributed by atoms with Gasteiger partial charge >= 0.3 is 0 Å². The lowest BCUT2D eigenvalue weighted by molar-refractivity contribution is 0.894. The average Bonchev–Trinajstić information content (AvgIpc) is 2.65. The van der Waals surface area contributed by atoms with Gasteiger partial charge in [0.15, 0.2) is 0 Å². The Morgan fingerprint density at radius 3 is 2.43 bits per heavy atom. The van der Waals surface area contributed by atoms with Crippen molar-refractivity contribution in [2.24, 2.45) is 5.73 Å². The van der Waals surface area contributed by atoms with Crippen molar-refractivity contribution in [2.75, 3.05) is 0 Å². The third-order valence-corrected chi connectivity index (χ3v) is 3.53. The summed E-state index contributed by atoms with van der Waals surface area (Å²) >= 11 is 7.61. The molecule has 14 heavy (non-hydrogen) atoms. The van der Waals surface area contributed by atoms with Crippen LogP contribution in [0.15, 0.2) is 41.8 Å². The molecule has 0 spiro atoms. The highest BCUT2D eigenvalue weighted by Gasteiger charge is 2.12. The van der Waals surface area contributed by atoms with Crippen molar-refractivity contribution in [3.63, 3.8) is 0 Å². The third kappa shape index (κ3) is 1.82. The summed E-state index contributed by atoms with van der Waals surface area (Å²) in [5.74, 6) is 0. The number of hydrogen-bond acceptors (Lipinski definition) is 2. The SMILES string of the molecule is NC(c1ccccc1)c1sccc1Cl. The van der Waals surface area contributed by atoms with Crippen molar-refractivity contribution in [1.82, 2.24) is 0 Å². The van der Waals surface area contributed by atoms with Crippen LogP contribution in [0.5, 0.6) is 0 Å². The molecule has 1 atom stereocenters. The monoisotopic (exact) mass is 223 g/mol. The molecule has 0 aliphatic heterocycles. The summed E-state index contributed by atoms with van der Waals surface area (Å²) in [6, 6.07) is 11.7. The van der Waals surface area contributed by atoms with Gasteiger partial charge in [0.05, 0.1) is 11.1 Å². The maximum atomic E-state index is 6.09. The molecule has 0 bridgehead atoms. The molecule has 1 unspecified atom stereocenters. The first-order valence-electron chi connectivity index (χ1n) is 4.32. The Hall–Kier alpha value is -0.830. The van der Waals surface area contributed by atoms with Crippen molar-refractivity contribution >= 4 is 22.9 Å². The van der Waals surface area contributed by atoms with E-state index < -0.39 is 0 Å². The van der Waals surface area contributed by atoms with E-state index in [1.54, 1.807) is 11.3 Å². The third-order valence-electron chi connectivity index (χ3n) is 2.09. The van der Waals surface area contributed by atoms with Crippen molar-refractivity contribution in [3.05, 3.63) is 57.2 Å². The Morgan fingerprint density at radius 2 is 1.86 bits per heavy atom. The lowest BCUT2D eigenvalue weighted by Crippen LogP contribution is -2.10. The van der Waals surface area contributed by atoms with Crippen molar-refractivity contribution in [2.45, 2.75) is 6.04 Å². The number of rotatable bonds is 2. The molecular formula is C11H10ClNS. The summed E-state index contributed by atoms with van der Waals surface area (Å²) < 4.78 is 0. The molecule has 0 fully saturated rings. The zero-order valence-corrected chi connectivity index (χ0v) is 9.05. The minimum atomic E-state index is -0.108. The lowest BCUT2D eigenvalue weighted by Gasteiger charge is -2.10. The molecule has 1 aromatic carbocycles. The van der Waals surface area contributed by atoms with E-state index in [1.165, 1.54) is 0 Å². The molecular weight excluding hydrogens is 214 g/mol. The fourth-order valence-corrected chi connectivity index (χ4v) is 2.54. The topological polar surface area (TPSA) is 26.0 Å². The van der Waals surface area contributed by atoms with Crippen molar-refractivity contribution in [3.8, 4) is 0 Å². The normalized spacial score (nSPS) is 12.7. The van der Waals surface area contributed by atoms with Crippen molar-refractivity contribution < 1.29 is 0 Å². The van der Waals surface area contributed by atoms with Crippen LogP contribution in [0.3, 0.4) is 0 Å². The van der Waals surface area contributed by atoms with Gasteiger partial charge in [-0.05, 0) is 17.0 Å². The van der Waals surface area contributed by atoms with E-state index in [2.05, 4.69) is 0 Å². The van der Waals surface area contributed by atoms with E-state index in [0.717, 1.165) is 15.5 Å². The molecule has 0 saturated carbocycles. The van der Waals surface area contributed by atoms with Crippen LogP contribution in [0.2, 0.25) is 5.02 Å². The van der Waals surface area contributed by atoms with E-state index >= 15 is 0 Å². The molecule has 1 aromatic heterocycles. The predicted molar refractivity (Wildman–Crippen MR) is 61.8 cm³/mol. The first-order chi connectivity index (χ1) is 6.79. The highest BCUT2D eigenvalue weighted by atomic mass is 35.5. The maximum absolute atomic E-state index is 6.09. The van der Waals surface area contributed by atoms with E-state index in [9.17, 15) is 0 Å². The summed E-state index contributed by atoms with van der Waals surface area (Å²) in [6.07, 6.45) is 0. The lowest BCUT2D eigenvalue weighted by atomic mass is 10.1. The summed E-state index contributed by atoms with van der Waals surface area (Å²) in [4.78, 5) is 1.03. The first kappa shape index (κ1) is 9.71. The minimum Gasteiger partial charge on any atom is -0.320 e. The molecule has 3 heteroatoms. The second kappa shape index (κ2) is 4.13. The van der Waals surface area contributed by atoms with Crippen LogP contribution in [0.4, 0.5) is 0 Å². The Kier molecular flexibility index (Phi) is 2.87. The summed E-state index contributed by atoms with van der Waals surface area (Å²) in [6.45, 7) is 0. The predicted octanol–water partition coefficient (Wildman–Crippen LogP) is 3.45. The highest BCUT2D eigenvalue weighted by Crippen LogP contribution is 2.30. The van der Waals surface area contributed by atoms with Gasteiger partial charge in [-0.25, -0.2) is 0 Å². The molecule has 2 rings (SSSR count). The van der Waals surface area contributed by atoms with Crippen LogP contribution in [0.1, 0.15) is 16.5 Å². The summed E-state index contributed by atoms with van der Waals surface area (Å²) in [5, 5.41) is 2.71. The van der Waals surface area contributed by atoms with Crippen LogP contribution in [-0.4, -0.2) is 0 Å². The first-order valence-corrected chi connectivity index (χ1v) is 5.58. The number of thiophene rings is 1. The van der Waals surface area contributed by atoms with Gasteiger partial charge in [-0.3, -0.25) is 0 Å². The van der Waals surface area contributed by atoms with Gasteiger partial charge in [-0.15, -0.1) is 11.3 Å². The zero-order chi connectivity index (χ0) is 9.97. The Morgan fingerprint density at radius 1 is 1.14 bits per heavy atom. The molecule has 0 radical (unpaired) electrons. The molecule has 1 heterocycles. The van der Waals surface area contributed by atoms with Gasteiger partial charge in [-0.1, -0.05) is 41.9 Å². The van der Waals surface area contributed by atoms with E-state index in [4.69, 9.17) is 17.3 Å². The van der Waals surface area contributed by atoms with E-state index in [0.29, 0.717) is 0 Å². The Bertz CT molecular complexity index is 410. The average molecular weight is 224 g/mol. The Labute approximate surface area is 92.1 Å². The summed E-state index contributed by atoms with van der Waals surface area (Å²) in [7, 11) is 0. The molecule has 72 valence electrons. The zero-order valence-electron chi connectivity index (χ0n) is 7.48. The largest absolute Gasteiger partial charge is 0.320 e. The maximum Gasteiger partial charge on any atom is 0.0661 e. The van der Waals surface area contributed by atoms with E-state index in [-0.39, 0.29) is 6.04 Å². The molecule has 0 saturated heterocycles. The van der Waals surface area contributed by atoms with Crippen LogP contribution < -0.4 is 5.73 Å². The quantitative estimate of drug-likeness (QED) is 0.829. The van der Waals surface area contributed by atoms with Gasteiger partial charge in [0.2, 0.25) is 0 Å². The number of hydrogen-bond donors (Lipinski definition) is 1. The van der Waals surface area contributed by atoms with Crippen LogP contribution in [0.25, 0.3) is 0 Å². The summed E-state index contributed by atoms with van der Waals surface area (Å²) in [5.41, 5.74) is 7.18. The molecule has 2 aromatic rings. The minimum absolute atomic E-state index is 0.108. The van der Waals surface area contributed by atoms with E-state index in [1.807, 2.05) is 41.8 Å². The molecule has 0 aliphatic carbocycles. The molecule has 0 aliphatic rings. The molecule has 1 nitrogen and oxygen atoms in total. The van der Waals surface area contributed by atoms with Crippen LogP contribution in [0, 0.1) is 0 Å². The van der Waals surface area contributed by atoms with Gasteiger partial charge in [-0.2, -0.15) is 0 Å². The van der Waals surface area contributed by atoms with Gasteiger partial charge < -0.3 is 5.73 Å². The fraction of sp³-hybridized carbons (Fsp3) is 0.0909. The highest BCUT2D eigenvalue weighted by molar-refractivity contribution is 7.10. The van der Waals surface area contributed by atoms with Gasteiger partial charge in [0.25, 0.3) is 0 Å². The number of benzene rings is 1. The second-order valence-electron chi connectivity index (χ2n) is 3.02. The second-order valence-corrected chi connectivity index (χ2v) is 4.38. The van der Waals surface area contributed by atoms with Gasteiger partial charge in [0.1, 0.15) is 0 Å².